The minimum atomic E-state index is -0.239. The third-order valence-corrected chi connectivity index (χ3v) is 8.46. The first kappa shape index (κ1) is 22.3. The highest BCUT2D eigenvalue weighted by molar-refractivity contribution is 6.32. The number of fused-ring (bicyclic) bond motifs is 2. The first-order chi connectivity index (χ1) is 17.0. The normalized spacial score (nSPS) is 20.6. The summed E-state index contributed by atoms with van der Waals surface area (Å²) in [5.74, 6) is 0.629. The van der Waals surface area contributed by atoms with Gasteiger partial charge in [0.05, 0.1) is 6.20 Å². The van der Waals surface area contributed by atoms with E-state index in [-0.39, 0.29) is 28.9 Å². The van der Waals surface area contributed by atoms with Crippen LogP contribution in [0.3, 0.4) is 0 Å². The highest BCUT2D eigenvalue weighted by Gasteiger charge is 2.46. The Labute approximate surface area is 210 Å². The molecule has 0 saturated carbocycles. The second-order valence-corrected chi connectivity index (χ2v) is 10.4. The van der Waals surface area contributed by atoms with E-state index in [1.807, 2.05) is 18.2 Å². The molecule has 1 amide bonds. The predicted molar refractivity (Wildman–Crippen MR) is 139 cm³/mol. The fourth-order valence-electron chi connectivity index (χ4n) is 6.12. The Morgan fingerprint density at radius 3 is 2.66 bits per heavy atom. The minimum Gasteiger partial charge on any atom is -0.382 e. The number of rotatable bonds is 2. The summed E-state index contributed by atoms with van der Waals surface area (Å²) in [5, 5.41) is 0.683. The van der Waals surface area contributed by atoms with Crippen LogP contribution in [0.15, 0.2) is 48.7 Å². The standard InChI is InChI=1S/C27H29ClN6O/c28-20-8-3-9-21-19(20)7-4-12-34(21)26(35)23-25(30)32-22(16-31-23)33-13-10-27(11-14-33)15-17-5-1-2-6-18(17)24(27)29/h1-3,5-6,8-9,16,24H,4,7,10-15,29H2,(H2,30,32)/t24-/m1/s1. The molecule has 1 aliphatic carbocycles. The molecule has 6 rings (SSSR count). The summed E-state index contributed by atoms with van der Waals surface area (Å²) in [6, 6.07) is 14.2. The first-order valence-corrected chi connectivity index (χ1v) is 12.6. The molecule has 4 N–H and O–H groups in total. The number of nitrogen functional groups attached to an aromatic ring is 1. The van der Waals surface area contributed by atoms with Crippen molar-refractivity contribution in [3.05, 3.63) is 76.1 Å². The molecule has 35 heavy (non-hydrogen) atoms. The number of carbonyl (C=O) groups is 1. The summed E-state index contributed by atoms with van der Waals surface area (Å²) in [6.45, 7) is 2.27. The molecule has 0 bridgehead atoms. The molecule has 0 unspecified atom stereocenters. The number of piperidine rings is 1. The van der Waals surface area contributed by atoms with E-state index < -0.39 is 0 Å². The number of anilines is 3. The Bertz CT molecular complexity index is 1300. The topological polar surface area (TPSA) is 101 Å². The summed E-state index contributed by atoms with van der Waals surface area (Å²) in [6.07, 6.45) is 6.36. The van der Waals surface area contributed by atoms with E-state index in [4.69, 9.17) is 23.1 Å². The van der Waals surface area contributed by atoms with Gasteiger partial charge < -0.3 is 21.3 Å². The zero-order valence-corrected chi connectivity index (χ0v) is 20.3. The third-order valence-electron chi connectivity index (χ3n) is 8.10. The maximum atomic E-state index is 13.4. The summed E-state index contributed by atoms with van der Waals surface area (Å²) in [7, 11) is 0. The van der Waals surface area contributed by atoms with E-state index in [0.717, 1.165) is 56.4 Å². The van der Waals surface area contributed by atoms with E-state index in [0.29, 0.717) is 17.4 Å². The zero-order chi connectivity index (χ0) is 24.2. The second-order valence-electron chi connectivity index (χ2n) is 9.96. The fraction of sp³-hybridized carbons (Fsp3) is 0.370. The van der Waals surface area contributed by atoms with Gasteiger partial charge in [-0.15, -0.1) is 0 Å². The van der Waals surface area contributed by atoms with E-state index in [2.05, 4.69) is 39.1 Å². The van der Waals surface area contributed by atoms with Gasteiger partial charge in [-0.1, -0.05) is 41.9 Å². The first-order valence-electron chi connectivity index (χ1n) is 12.3. The molecule has 1 aromatic heterocycles. The lowest BCUT2D eigenvalue weighted by molar-refractivity contribution is 0.0981. The maximum absolute atomic E-state index is 13.4. The molecule has 7 nitrogen and oxygen atoms in total. The molecule has 1 atom stereocenters. The van der Waals surface area contributed by atoms with Crippen LogP contribution >= 0.6 is 11.6 Å². The number of halogens is 1. The maximum Gasteiger partial charge on any atom is 0.280 e. The predicted octanol–water partition coefficient (Wildman–Crippen LogP) is 4.15. The quantitative estimate of drug-likeness (QED) is 0.562. The van der Waals surface area contributed by atoms with Crippen LogP contribution in [-0.2, 0) is 12.8 Å². The van der Waals surface area contributed by atoms with Crippen molar-refractivity contribution in [1.82, 2.24) is 9.97 Å². The molecule has 3 heterocycles. The monoisotopic (exact) mass is 488 g/mol. The van der Waals surface area contributed by atoms with Crippen molar-refractivity contribution in [2.24, 2.45) is 11.1 Å². The van der Waals surface area contributed by atoms with Gasteiger partial charge in [-0.2, -0.15) is 0 Å². The number of aromatic nitrogens is 2. The van der Waals surface area contributed by atoms with Crippen LogP contribution < -0.4 is 21.3 Å². The van der Waals surface area contributed by atoms with E-state index >= 15 is 0 Å². The van der Waals surface area contributed by atoms with Crippen molar-refractivity contribution in [3.63, 3.8) is 0 Å². The van der Waals surface area contributed by atoms with E-state index in [1.54, 1.807) is 11.1 Å². The number of hydrogen-bond donors (Lipinski definition) is 2. The van der Waals surface area contributed by atoms with Gasteiger partial charge in [0, 0.05) is 36.4 Å². The minimum absolute atomic E-state index is 0.0675. The lowest BCUT2D eigenvalue weighted by Gasteiger charge is -2.42. The Morgan fingerprint density at radius 2 is 1.89 bits per heavy atom. The lowest BCUT2D eigenvalue weighted by Crippen LogP contribution is -2.44. The third kappa shape index (κ3) is 3.65. The van der Waals surface area contributed by atoms with Gasteiger partial charge in [0.25, 0.3) is 5.91 Å². The van der Waals surface area contributed by atoms with Crippen molar-refractivity contribution < 1.29 is 4.79 Å². The Kier molecular flexibility index (Phi) is 5.42. The van der Waals surface area contributed by atoms with Crippen molar-refractivity contribution in [3.8, 4) is 0 Å². The van der Waals surface area contributed by atoms with Gasteiger partial charge >= 0.3 is 0 Å². The molecule has 1 fully saturated rings. The molecular formula is C27H29ClN6O. The summed E-state index contributed by atoms with van der Waals surface area (Å²) in [5.41, 5.74) is 17.8. The Balaban J connectivity index is 1.19. The molecule has 3 aliphatic rings. The van der Waals surface area contributed by atoms with Crippen LogP contribution in [0.5, 0.6) is 0 Å². The highest BCUT2D eigenvalue weighted by Crippen LogP contribution is 2.50. The van der Waals surface area contributed by atoms with Crippen LogP contribution in [0.25, 0.3) is 0 Å². The largest absolute Gasteiger partial charge is 0.382 e. The van der Waals surface area contributed by atoms with Gasteiger partial charge in [-0.3, -0.25) is 4.79 Å². The number of benzene rings is 2. The van der Waals surface area contributed by atoms with Crippen molar-refractivity contribution >= 4 is 34.8 Å². The van der Waals surface area contributed by atoms with Crippen molar-refractivity contribution in [2.45, 2.75) is 38.1 Å². The second kappa shape index (κ2) is 8.50. The fourth-order valence-corrected chi connectivity index (χ4v) is 6.38. The van der Waals surface area contributed by atoms with Crippen molar-refractivity contribution in [2.75, 3.05) is 35.2 Å². The average molecular weight is 489 g/mol. The van der Waals surface area contributed by atoms with Crippen LogP contribution in [0, 0.1) is 5.41 Å². The van der Waals surface area contributed by atoms with Crippen LogP contribution in [-0.4, -0.2) is 35.5 Å². The van der Waals surface area contributed by atoms with Gasteiger partial charge in [0.2, 0.25) is 0 Å². The molecule has 3 aromatic rings. The lowest BCUT2D eigenvalue weighted by atomic mass is 9.73. The Morgan fingerprint density at radius 1 is 1.09 bits per heavy atom. The molecule has 1 saturated heterocycles. The molecule has 8 heteroatoms. The summed E-state index contributed by atoms with van der Waals surface area (Å²) >= 11 is 6.37. The zero-order valence-electron chi connectivity index (χ0n) is 19.6. The van der Waals surface area contributed by atoms with Crippen LogP contribution in [0.2, 0.25) is 5.02 Å². The number of nitrogens with zero attached hydrogens (tertiary/aromatic N) is 4. The van der Waals surface area contributed by atoms with E-state index in [9.17, 15) is 4.79 Å². The summed E-state index contributed by atoms with van der Waals surface area (Å²) in [4.78, 5) is 26.4. The Hall–Kier alpha value is -3.16. The number of hydrogen-bond acceptors (Lipinski definition) is 6. The molecular weight excluding hydrogens is 460 g/mol. The van der Waals surface area contributed by atoms with Crippen LogP contribution in [0.1, 0.15) is 52.5 Å². The number of carbonyl (C=O) groups excluding carboxylic acids is 1. The highest BCUT2D eigenvalue weighted by atomic mass is 35.5. The molecule has 0 radical (unpaired) electrons. The molecule has 180 valence electrons. The van der Waals surface area contributed by atoms with Gasteiger partial charge in [0.15, 0.2) is 11.5 Å². The van der Waals surface area contributed by atoms with Crippen LogP contribution in [0.4, 0.5) is 17.3 Å². The smallest absolute Gasteiger partial charge is 0.280 e. The molecule has 2 aliphatic heterocycles. The number of nitrogens with two attached hydrogens (primary N) is 2. The number of amides is 1. The SMILES string of the molecule is Nc1nc(N2CCC3(CC2)Cc2ccccc2[C@H]3N)cnc1C(=O)N1CCCc2c(Cl)cccc21. The average Bonchev–Trinajstić information content (AvgIpc) is 3.15. The molecule has 2 aromatic carbocycles. The van der Waals surface area contributed by atoms with Gasteiger partial charge in [0.1, 0.15) is 5.82 Å². The molecule has 1 spiro atoms. The van der Waals surface area contributed by atoms with Gasteiger partial charge in [-0.25, -0.2) is 9.97 Å². The summed E-state index contributed by atoms with van der Waals surface area (Å²) < 4.78 is 0. The van der Waals surface area contributed by atoms with Gasteiger partial charge in [-0.05, 0) is 66.3 Å². The van der Waals surface area contributed by atoms with E-state index in [1.165, 1.54) is 11.1 Å². The van der Waals surface area contributed by atoms with Crippen molar-refractivity contribution in [1.29, 1.82) is 0 Å².